The Bertz CT molecular complexity index is 1560. The maximum absolute atomic E-state index is 13.9. The average molecular weight is 791 g/mol. The molecule has 1 fully saturated rings. The highest BCUT2D eigenvalue weighted by molar-refractivity contribution is 5.96. The molecule has 312 valence electrons. The quantitative estimate of drug-likeness (QED) is 0.0307. The highest BCUT2D eigenvalue weighted by atomic mass is 16.4. The zero-order chi connectivity index (χ0) is 42.1. The normalized spacial score (nSPS) is 17.0. The van der Waals surface area contributed by atoms with Crippen LogP contribution in [0.15, 0.2) is 34.3 Å². The summed E-state index contributed by atoms with van der Waals surface area (Å²) < 4.78 is 0. The number of aliphatic carboxylic acids is 1. The Balaban J connectivity index is 2.38. The topological polar surface area (TPSA) is 369 Å². The number of nitrogens with zero attached hydrogens (tertiary/aromatic N) is 3. The van der Waals surface area contributed by atoms with Crippen molar-refractivity contribution in [1.82, 2.24) is 26.2 Å². The van der Waals surface area contributed by atoms with Gasteiger partial charge in [0.05, 0.1) is 12.1 Å². The number of aliphatic imine (C=N–C) groups is 2. The van der Waals surface area contributed by atoms with Crippen LogP contribution < -0.4 is 49.9 Å². The number of carbonyl (C=O) groups is 6. The summed E-state index contributed by atoms with van der Waals surface area (Å²) in [6.45, 7) is 5.03. The van der Waals surface area contributed by atoms with Crippen molar-refractivity contribution >= 4 is 47.4 Å². The molecule has 0 aromatic heterocycles. The van der Waals surface area contributed by atoms with Gasteiger partial charge >= 0.3 is 5.97 Å². The Hall–Kier alpha value is -5.70. The molecule has 0 saturated carbocycles. The number of hydrogen-bond donors (Lipinski definition) is 12. The second-order valence-corrected chi connectivity index (χ2v) is 14.0. The van der Waals surface area contributed by atoms with E-state index in [4.69, 9.17) is 28.7 Å². The van der Waals surface area contributed by atoms with Gasteiger partial charge in [0.2, 0.25) is 29.5 Å². The van der Waals surface area contributed by atoms with Crippen LogP contribution in [0.4, 0.5) is 0 Å². The third-order valence-corrected chi connectivity index (χ3v) is 9.05. The molecule has 56 heavy (non-hydrogen) atoms. The van der Waals surface area contributed by atoms with Gasteiger partial charge < -0.3 is 70.2 Å². The van der Waals surface area contributed by atoms with Crippen LogP contribution in [0.1, 0.15) is 64.9 Å². The van der Waals surface area contributed by atoms with E-state index in [9.17, 15) is 44.1 Å². The summed E-state index contributed by atoms with van der Waals surface area (Å²) in [5, 5.41) is 40.4. The van der Waals surface area contributed by atoms with Crippen LogP contribution in [0.25, 0.3) is 0 Å². The first-order valence-electron chi connectivity index (χ1n) is 18.4. The standard InChI is InChI=1S/C35H58N12O9/c1-18(2)26(36)30(52)44-22(7-4-14-41-34(37)38)28(50)43-23(8-5-15-42-35(39)40)29(51)46-27(19(3)48)31(53)45-24(17-20-10-12-21(49)13-11-20)32(54)47-16-6-9-25(47)33(55)56/h10-13,18-19,22-27,48-49H,4-9,14-17,36H2,1-3H3,(H,43,50)(H,44,52)(H,45,53)(H,46,51)(H,55,56)(H4,37,38,41)(H4,39,40,42)/t19-,22+,23+,24+,25+,26+,27+/m1/s1. The van der Waals surface area contributed by atoms with Crippen molar-refractivity contribution in [1.29, 1.82) is 0 Å². The number of carboxylic acids is 1. The molecule has 1 aliphatic heterocycles. The monoisotopic (exact) mass is 790 g/mol. The van der Waals surface area contributed by atoms with Crippen molar-refractivity contribution in [3.05, 3.63) is 29.8 Å². The minimum absolute atomic E-state index is 0.0400. The van der Waals surface area contributed by atoms with Gasteiger partial charge in [-0.15, -0.1) is 0 Å². The summed E-state index contributed by atoms with van der Waals surface area (Å²) in [5.41, 5.74) is 28.2. The Labute approximate surface area is 325 Å². The van der Waals surface area contributed by atoms with Gasteiger partial charge in [0.1, 0.15) is 36.0 Å². The van der Waals surface area contributed by atoms with E-state index in [-0.39, 0.29) is 81.7 Å². The molecule has 21 heteroatoms. The molecular weight excluding hydrogens is 732 g/mol. The predicted molar refractivity (Wildman–Crippen MR) is 206 cm³/mol. The number of aromatic hydroxyl groups is 1. The van der Waals surface area contributed by atoms with E-state index < -0.39 is 77.9 Å². The van der Waals surface area contributed by atoms with E-state index in [1.54, 1.807) is 13.8 Å². The summed E-state index contributed by atoms with van der Waals surface area (Å²) in [6.07, 6.45) is -0.578. The summed E-state index contributed by atoms with van der Waals surface area (Å²) in [5.74, 6) is -5.82. The highest BCUT2D eigenvalue weighted by Crippen LogP contribution is 2.20. The molecule has 1 saturated heterocycles. The number of phenols is 1. The molecule has 0 bridgehead atoms. The third kappa shape index (κ3) is 15.2. The largest absolute Gasteiger partial charge is 0.508 e. The smallest absolute Gasteiger partial charge is 0.326 e. The van der Waals surface area contributed by atoms with Gasteiger partial charge in [-0.1, -0.05) is 26.0 Å². The van der Waals surface area contributed by atoms with Crippen LogP contribution in [-0.4, -0.2) is 130 Å². The van der Waals surface area contributed by atoms with Crippen LogP contribution in [-0.2, 0) is 35.2 Å². The molecule has 1 heterocycles. The number of aliphatic hydroxyl groups excluding tert-OH is 1. The molecule has 0 aliphatic carbocycles. The van der Waals surface area contributed by atoms with E-state index in [0.717, 1.165) is 4.90 Å². The summed E-state index contributed by atoms with van der Waals surface area (Å²) in [4.78, 5) is 88.9. The fraction of sp³-hybridized carbons (Fsp3) is 0.600. The van der Waals surface area contributed by atoms with Gasteiger partial charge in [-0.2, -0.15) is 0 Å². The third-order valence-electron chi connectivity index (χ3n) is 9.05. The number of carbonyl (C=O) groups excluding carboxylic acids is 5. The Kier molecular flexibility index (Phi) is 18.8. The molecule has 2 rings (SSSR count). The van der Waals surface area contributed by atoms with Crippen molar-refractivity contribution in [2.24, 2.45) is 44.6 Å². The Morgan fingerprint density at radius 1 is 0.786 bits per heavy atom. The molecule has 17 N–H and O–H groups in total. The van der Waals surface area contributed by atoms with Gasteiger partial charge in [0.15, 0.2) is 11.9 Å². The minimum Gasteiger partial charge on any atom is -0.508 e. The van der Waals surface area contributed by atoms with Gasteiger partial charge in [0.25, 0.3) is 0 Å². The van der Waals surface area contributed by atoms with E-state index >= 15 is 0 Å². The summed E-state index contributed by atoms with van der Waals surface area (Å²) >= 11 is 0. The molecule has 1 aliphatic rings. The molecule has 21 nitrogen and oxygen atoms in total. The number of likely N-dealkylation sites (tertiary alicyclic amines) is 1. The number of nitrogens with one attached hydrogen (secondary N) is 4. The van der Waals surface area contributed by atoms with Crippen molar-refractivity contribution in [2.75, 3.05) is 19.6 Å². The van der Waals surface area contributed by atoms with Crippen molar-refractivity contribution in [3.63, 3.8) is 0 Å². The second kappa shape index (κ2) is 22.6. The minimum atomic E-state index is -1.66. The number of benzene rings is 1. The van der Waals surface area contributed by atoms with E-state index in [2.05, 4.69) is 31.3 Å². The van der Waals surface area contributed by atoms with Crippen LogP contribution in [0.5, 0.6) is 5.75 Å². The number of rotatable bonds is 22. The van der Waals surface area contributed by atoms with E-state index in [0.29, 0.717) is 12.0 Å². The number of amides is 5. The van der Waals surface area contributed by atoms with E-state index in [1.165, 1.54) is 31.2 Å². The van der Waals surface area contributed by atoms with Crippen LogP contribution in [0.2, 0.25) is 0 Å². The Morgan fingerprint density at radius 2 is 1.29 bits per heavy atom. The number of phenolic OH excluding ortho intramolecular Hbond substituents is 1. The fourth-order valence-electron chi connectivity index (χ4n) is 5.86. The van der Waals surface area contributed by atoms with Crippen molar-refractivity contribution in [3.8, 4) is 5.75 Å². The van der Waals surface area contributed by atoms with Crippen LogP contribution >= 0.6 is 0 Å². The lowest BCUT2D eigenvalue weighted by Gasteiger charge is -2.30. The lowest BCUT2D eigenvalue weighted by atomic mass is 10.0. The second-order valence-electron chi connectivity index (χ2n) is 14.0. The predicted octanol–water partition coefficient (Wildman–Crippen LogP) is -3.58. The van der Waals surface area contributed by atoms with Gasteiger partial charge in [-0.05, 0) is 69.1 Å². The lowest BCUT2D eigenvalue weighted by molar-refractivity contribution is -0.149. The number of nitrogens with two attached hydrogens (primary N) is 5. The summed E-state index contributed by atoms with van der Waals surface area (Å²) in [7, 11) is 0. The first kappa shape index (κ1) is 46.5. The van der Waals surface area contributed by atoms with Crippen molar-refractivity contribution in [2.45, 2.75) is 108 Å². The van der Waals surface area contributed by atoms with Crippen LogP contribution in [0, 0.1) is 5.92 Å². The van der Waals surface area contributed by atoms with Crippen LogP contribution in [0.3, 0.4) is 0 Å². The van der Waals surface area contributed by atoms with Gasteiger partial charge in [-0.3, -0.25) is 34.0 Å². The first-order chi connectivity index (χ1) is 26.3. The molecule has 1 aromatic carbocycles. The molecule has 7 atom stereocenters. The maximum Gasteiger partial charge on any atom is 0.326 e. The SMILES string of the molecule is CC(C)[C@H](N)C(=O)N[C@@H](CCCN=C(N)N)C(=O)N[C@@H](CCCN=C(N)N)C(=O)N[C@H](C(=O)N[C@@H](Cc1ccc(O)cc1)C(=O)N1CCC[C@H]1C(=O)O)[C@@H](C)O. The Morgan fingerprint density at radius 3 is 1.77 bits per heavy atom. The van der Waals surface area contributed by atoms with Gasteiger partial charge in [0, 0.05) is 26.1 Å². The first-order valence-corrected chi connectivity index (χ1v) is 18.4. The van der Waals surface area contributed by atoms with Gasteiger partial charge in [-0.25, -0.2) is 4.79 Å². The zero-order valence-electron chi connectivity index (χ0n) is 32.0. The number of hydrogen-bond acceptors (Lipinski definition) is 11. The number of aliphatic hydroxyl groups is 1. The molecule has 5 amide bonds. The van der Waals surface area contributed by atoms with Crippen molar-refractivity contribution < 1.29 is 44.1 Å². The number of carboxylic acid groups (broad SMARTS) is 1. The fourth-order valence-corrected chi connectivity index (χ4v) is 5.86. The molecule has 0 radical (unpaired) electrons. The summed E-state index contributed by atoms with van der Waals surface area (Å²) in [6, 6.07) is -1.77. The average Bonchev–Trinajstić information content (AvgIpc) is 3.63. The molecular formula is C35H58N12O9. The lowest BCUT2D eigenvalue weighted by Crippen LogP contribution is -2.61. The molecule has 0 spiro atoms. The number of guanidine groups is 2. The highest BCUT2D eigenvalue weighted by Gasteiger charge is 2.39. The maximum atomic E-state index is 13.9. The zero-order valence-corrected chi connectivity index (χ0v) is 32.0. The molecule has 0 unspecified atom stereocenters. The molecule has 1 aromatic rings. The van der Waals surface area contributed by atoms with E-state index in [1.807, 2.05) is 0 Å².